The number of hydrogen-bond acceptors (Lipinski definition) is 8. The molecule has 1 aliphatic heterocycles. The van der Waals surface area contributed by atoms with Gasteiger partial charge in [0.15, 0.2) is 0 Å². The lowest BCUT2D eigenvalue weighted by Crippen LogP contribution is -2.36. The molecule has 0 atom stereocenters. The van der Waals surface area contributed by atoms with Crippen molar-refractivity contribution in [3.8, 4) is 6.07 Å². The zero-order chi connectivity index (χ0) is 24.2. The number of ether oxygens (including phenoxy) is 1. The largest absolute Gasteiger partial charge is 0.534 e. The Hall–Kier alpha value is -3.37. The summed E-state index contributed by atoms with van der Waals surface area (Å²) in [5.74, 6) is -1.56. The highest BCUT2D eigenvalue weighted by atomic mass is 32.2. The third kappa shape index (κ3) is 5.71. The topological polar surface area (TPSA) is 115 Å². The molecule has 0 radical (unpaired) electrons. The van der Waals surface area contributed by atoms with Crippen molar-refractivity contribution in [2.45, 2.75) is 25.0 Å². The minimum absolute atomic E-state index is 0.144. The first-order chi connectivity index (χ1) is 15.5. The Morgan fingerprint density at radius 2 is 1.94 bits per heavy atom. The van der Waals surface area contributed by atoms with Crippen LogP contribution in [0.3, 0.4) is 0 Å². The molecule has 176 valence electrons. The monoisotopic (exact) mass is 484 g/mol. The molecule has 1 aliphatic rings. The molecule has 0 spiro atoms. The van der Waals surface area contributed by atoms with Crippen LogP contribution < -0.4 is 0 Å². The van der Waals surface area contributed by atoms with E-state index in [2.05, 4.69) is 13.9 Å². The zero-order valence-electron chi connectivity index (χ0n) is 17.4. The first-order valence-electron chi connectivity index (χ1n) is 9.55. The van der Waals surface area contributed by atoms with E-state index in [9.17, 15) is 26.4 Å². The Bertz CT molecular complexity index is 1200. The highest BCUT2D eigenvalue weighted by Gasteiger charge is 2.49. The summed E-state index contributed by atoms with van der Waals surface area (Å²) in [7, 11) is -4.87. The van der Waals surface area contributed by atoms with E-state index < -0.39 is 27.4 Å². The summed E-state index contributed by atoms with van der Waals surface area (Å²) >= 11 is 0. The van der Waals surface area contributed by atoms with Gasteiger partial charge in [-0.25, -0.2) is 9.78 Å². The second-order valence-electron chi connectivity index (χ2n) is 7.16. The number of aromatic nitrogens is 2. The number of benzene rings is 1. The molecule has 0 fully saturated rings. The normalized spacial score (nSPS) is 15.2. The van der Waals surface area contributed by atoms with Gasteiger partial charge in [0.05, 0.1) is 36.3 Å². The average molecular weight is 484 g/mol. The molecule has 0 N–H and O–H groups in total. The summed E-state index contributed by atoms with van der Waals surface area (Å²) in [5.41, 5.74) is -3.69. The van der Waals surface area contributed by atoms with Gasteiger partial charge in [-0.1, -0.05) is 12.1 Å². The lowest BCUT2D eigenvalue weighted by molar-refractivity contribution is -0.136. The molecule has 9 nitrogen and oxygen atoms in total. The molecule has 0 unspecified atom stereocenters. The van der Waals surface area contributed by atoms with E-state index in [1.54, 1.807) is 29.6 Å². The minimum atomic E-state index is -5.90. The number of imidazole rings is 1. The lowest BCUT2D eigenvalue weighted by atomic mass is 10.1. The van der Waals surface area contributed by atoms with Crippen molar-refractivity contribution < 1.29 is 35.3 Å². The summed E-state index contributed by atoms with van der Waals surface area (Å²) in [5, 5.41) is 8.91. The number of alkyl halides is 3. The highest BCUT2D eigenvalue weighted by molar-refractivity contribution is 7.87. The quantitative estimate of drug-likeness (QED) is 0.334. The van der Waals surface area contributed by atoms with Gasteiger partial charge in [-0.2, -0.15) is 26.9 Å². The molecule has 1 aromatic heterocycles. The summed E-state index contributed by atoms with van der Waals surface area (Å²) in [6.07, 6.45) is 2.99. The van der Waals surface area contributed by atoms with E-state index in [1.165, 1.54) is 0 Å². The van der Waals surface area contributed by atoms with Crippen molar-refractivity contribution >= 4 is 16.1 Å². The Morgan fingerprint density at radius 1 is 1.24 bits per heavy atom. The molecule has 2 aromatic rings. The minimum Gasteiger partial charge on any atom is -0.466 e. The molecule has 13 heteroatoms. The molecule has 0 bridgehead atoms. The van der Waals surface area contributed by atoms with E-state index in [0.717, 1.165) is 18.4 Å². The van der Waals surface area contributed by atoms with Crippen LogP contribution in [-0.2, 0) is 36.9 Å². The summed E-state index contributed by atoms with van der Waals surface area (Å²) < 4.78 is 71.6. The van der Waals surface area contributed by atoms with Crippen molar-refractivity contribution in [1.29, 1.82) is 5.26 Å². The van der Waals surface area contributed by atoms with Gasteiger partial charge in [-0.3, -0.25) is 4.90 Å². The van der Waals surface area contributed by atoms with Crippen molar-refractivity contribution in [1.82, 2.24) is 14.5 Å². The highest BCUT2D eigenvalue weighted by Crippen LogP contribution is 2.30. The molecule has 1 aromatic carbocycles. The number of nitriles is 1. The molecular formula is C20H19F3N4O5S. The number of carbonyl (C=O) groups excluding carboxylic acids is 1. The second kappa shape index (κ2) is 9.63. The van der Waals surface area contributed by atoms with E-state index in [0.29, 0.717) is 12.1 Å². The number of esters is 1. The lowest BCUT2D eigenvalue weighted by Gasteiger charge is -2.29. The van der Waals surface area contributed by atoms with E-state index >= 15 is 0 Å². The van der Waals surface area contributed by atoms with E-state index in [-0.39, 0.29) is 31.6 Å². The van der Waals surface area contributed by atoms with Gasteiger partial charge >= 0.3 is 21.6 Å². The van der Waals surface area contributed by atoms with Crippen LogP contribution in [-0.4, -0.2) is 54.5 Å². The molecule has 3 rings (SSSR count). The van der Waals surface area contributed by atoms with E-state index in [4.69, 9.17) is 5.26 Å². The SMILES string of the molecule is COC(=O)C1=C(OS(=O)(=O)C(F)(F)F)CCN(Cc2cncn2Cc2ccc(C#N)cc2)C1. The van der Waals surface area contributed by atoms with Gasteiger partial charge < -0.3 is 13.5 Å². The number of hydrogen-bond donors (Lipinski definition) is 0. The predicted molar refractivity (Wildman–Crippen MR) is 107 cm³/mol. The Balaban J connectivity index is 1.76. The molecular weight excluding hydrogens is 465 g/mol. The Labute approximate surface area is 187 Å². The van der Waals surface area contributed by atoms with Gasteiger partial charge in [0.25, 0.3) is 0 Å². The number of nitrogens with zero attached hydrogens (tertiary/aromatic N) is 4. The van der Waals surface area contributed by atoms with Crippen molar-refractivity contribution in [3.05, 3.63) is 64.9 Å². The van der Waals surface area contributed by atoms with Crippen LogP contribution in [0.25, 0.3) is 0 Å². The van der Waals surface area contributed by atoms with Gasteiger partial charge in [-0.05, 0) is 17.7 Å². The van der Waals surface area contributed by atoms with Crippen LogP contribution in [0.15, 0.2) is 48.1 Å². The number of methoxy groups -OCH3 is 1. The van der Waals surface area contributed by atoms with Gasteiger partial charge in [-0.15, -0.1) is 0 Å². The maximum atomic E-state index is 12.7. The Morgan fingerprint density at radius 3 is 2.55 bits per heavy atom. The van der Waals surface area contributed by atoms with Gasteiger partial charge in [0.1, 0.15) is 5.76 Å². The van der Waals surface area contributed by atoms with Crippen LogP contribution in [0.2, 0.25) is 0 Å². The number of carbonyl (C=O) groups is 1. The van der Waals surface area contributed by atoms with Gasteiger partial charge in [0, 0.05) is 38.8 Å². The smallest absolute Gasteiger partial charge is 0.466 e. The first kappa shape index (κ1) is 24.3. The fourth-order valence-electron chi connectivity index (χ4n) is 3.24. The molecule has 0 saturated carbocycles. The van der Waals surface area contributed by atoms with Crippen LogP contribution >= 0.6 is 0 Å². The molecule has 0 aliphatic carbocycles. The van der Waals surface area contributed by atoms with Crippen LogP contribution in [0.1, 0.15) is 23.2 Å². The fraction of sp³-hybridized carbons (Fsp3) is 0.350. The average Bonchev–Trinajstić information content (AvgIpc) is 3.20. The molecule has 2 heterocycles. The van der Waals surface area contributed by atoms with Crippen molar-refractivity contribution in [3.63, 3.8) is 0 Å². The van der Waals surface area contributed by atoms with Crippen molar-refractivity contribution in [2.75, 3.05) is 20.2 Å². The van der Waals surface area contributed by atoms with Crippen LogP contribution in [0, 0.1) is 11.3 Å². The maximum absolute atomic E-state index is 12.7. The first-order valence-corrected chi connectivity index (χ1v) is 11.0. The molecule has 33 heavy (non-hydrogen) atoms. The third-order valence-corrected chi connectivity index (χ3v) is 5.91. The zero-order valence-corrected chi connectivity index (χ0v) is 18.2. The maximum Gasteiger partial charge on any atom is 0.534 e. The van der Waals surface area contributed by atoms with Gasteiger partial charge in [0.2, 0.25) is 0 Å². The van der Waals surface area contributed by atoms with Crippen LogP contribution in [0.4, 0.5) is 13.2 Å². The standard InChI is InChI=1S/C20H19F3N4O5S/c1-31-19(28)17-12-26(7-6-18(17)32-33(29,30)20(21,22)23)11-16-9-25-13-27(16)10-15-4-2-14(8-24)3-5-15/h2-5,9,13H,6-7,10-12H2,1H3. The van der Waals surface area contributed by atoms with Crippen LogP contribution in [0.5, 0.6) is 0 Å². The molecule has 0 saturated heterocycles. The number of halogens is 3. The van der Waals surface area contributed by atoms with E-state index in [1.807, 2.05) is 22.8 Å². The molecule has 0 amide bonds. The fourth-order valence-corrected chi connectivity index (χ4v) is 3.79. The second-order valence-corrected chi connectivity index (χ2v) is 8.70. The number of rotatable bonds is 7. The van der Waals surface area contributed by atoms with Crippen molar-refractivity contribution in [2.24, 2.45) is 0 Å². The Kier molecular flexibility index (Phi) is 7.09. The summed E-state index contributed by atoms with van der Waals surface area (Å²) in [6, 6.07) is 9.06. The summed E-state index contributed by atoms with van der Waals surface area (Å²) in [4.78, 5) is 18.0. The third-order valence-electron chi connectivity index (χ3n) is 4.92. The predicted octanol–water partition coefficient (Wildman–Crippen LogP) is 2.30. The summed E-state index contributed by atoms with van der Waals surface area (Å²) in [6.45, 7) is 0.728.